The van der Waals surface area contributed by atoms with Crippen LogP contribution in [0.4, 0.5) is 0 Å². The molecule has 1 amide bonds. The molecule has 2 fully saturated rings. The molecule has 23 heavy (non-hydrogen) atoms. The van der Waals surface area contributed by atoms with Gasteiger partial charge in [-0.15, -0.1) is 0 Å². The number of amides is 1. The monoisotopic (exact) mass is 322 g/mol. The van der Waals surface area contributed by atoms with Crippen molar-refractivity contribution >= 4 is 11.9 Å². The summed E-state index contributed by atoms with van der Waals surface area (Å²) < 4.78 is 0. The lowest BCUT2D eigenvalue weighted by Crippen LogP contribution is -2.43. The molecule has 0 aromatic heterocycles. The Labute approximate surface area is 141 Å². The highest BCUT2D eigenvalue weighted by atomic mass is 16.2. The lowest BCUT2D eigenvalue weighted by atomic mass is 9.82. The van der Waals surface area contributed by atoms with Gasteiger partial charge >= 0.3 is 0 Å². The van der Waals surface area contributed by atoms with E-state index in [1.165, 1.54) is 25.7 Å². The second-order valence-corrected chi connectivity index (χ2v) is 7.62. The number of nitrogens with one attached hydrogen (secondary N) is 2. The molecule has 1 aliphatic heterocycles. The summed E-state index contributed by atoms with van der Waals surface area (Å²) >= 11 is 0. The van der Waals surface area contributed by atoms with Crippen LogP contribution in [0.3, 0.4) is 0 Å². The summed E-state index contributed by atoms with van der Waals surface area (Å²) in [6, 6.07) is 0. The van der Waals surface area contributed by atoms with E-state index in [9.17, 15) is 4.79 Å². The van der Waals surface area contributed by atoms with E-state index < -0.39 is 5.41 Å². The third-order valence-corrected chi connectivity index (χ3v) is 5.19. The molecule has 2 N–H and O–H groups in total. The van der Waals surface area contributed by atoms with Crippen LogP contribution in [0.5, 0.6) is 0 Å². The van der Waals surface area contributed by atoms with Crippen LogP contribution in [0.2, 0.25) is 0 Å². The Kier molecular flexibility index (Phi) is 6.31. The number of carbonyl (C=O) groups is 1. The minimum atomic E-state index is -0.469. The molecule has 2 rings (SSSR count). The first-order chi connectivity index (χ1) is 11.0. The average molecular weight is 322 g/mol. The number of hydrogen-bond acceptors (Lipinski definition) is 2. The van der Waals surface area contributed by atoms with Crippen molar-refractivity contribution in [2.75, 3.05) is 32.7 Å². The van der Waals surface area contributed by atoms with E-state index in [-0.39, 0.29) is 5.91 Å². The molecule has 0 radical (unpaired) electrons. The summed E-state index contributed by atoms with van der Waals surface area (Å²) in [6.45, 7) is 12.3. The van der Waals surface area contributed by atoms with Crippen molar-refractivity contribution in [2.45, 2.75) is 53.4 Å². The number of carbonyl (C=O) groups excluding carboxylic acids is 1. The maximum Gasteiger partial charge on any atom is 0.227 e. The molecular formula is C18H34N4O. The van der Waals surface area contributed by atoms with Crippen molar-refractivity contribution in [3.8, 4) is 0 Å². The van der Waals surface area contributed by atoms with Crippen LogP contribution in [0.25, 0.3) is 0 Å². The zero-order valence-corrected chi connectivity index (χ0v) is 15.3. The molecule has 0 spiro atoms. The summed E-state index contributed by atoms with van der Waals surface area (Å²) in [5, 5.41) is 6.33. The molecule has 0 aromatic rings. The molecule has 5 heteroatoms. The van der Waals surface area contributed by atoms with E-state index in [0.717, 1.165) is 37.4 Å². The highest BCUT2D eigenvalue weighted by molar-refractivity contribution is 5.84. The number of guanidine groups is 1. The molecule has 0 bridgehead atoms. The van der Waals surface area contributed by atoms with E-state index in [0.29, 0.717) is 13.1 Å². The van der Waals surface area contributed by atoms with Crippen molar-refractivity contribution in [3.05, 3.63) is 0 Å². The van der Waals surface area contributed by atoms with E-state index >= 15 is 0 Å². The Bertz CT molecular complexity index is 419. The number of nitrogens with zero attached hydrogens (tertiary/aromatic N) is 2. The van der Waals surface area contributed by atoms with Crippen LogP contribution in [-0.4, -0.2) is 49.5 Å². The van der Waals surface area contributed by atoms with Gasteiger partial charge in [-0.25, -0.2) is 0 Å². The smallest absolute Gasteiger partial charge is 0.227 e. The predicted octanol–water partition coefficient (Wildman–Crippen LogP) is 2.24. The molecule has 1 saturated carbocycles. The zero-order valence-electron chi connectivity index (χ0n) is 15.3. The summed E-state index contributed by atoms with van der Waals surface area (Å²) in [4.78, 5) is 19.4. The largest absolute Gasteiger partial charge is 0.357 e. The summed E-state index contributed by atoms with van der Waals surface area (Å²) in [5.41, 5.74) is -0.469. The Balaban J connectivity index is 2.01. The fraction of sp³-hybridized carbons (Fsp3) is 0.889. The van der Waals surface area contributed by atoms with Gasteiger partial charge in [0.1, 0.15) is 0 Å². The minimum absolute atomic E-state index is 0.0784. The lowest BCUT2D eigenvalue weighted by Gasteiger charge is -2.25. The van der Waals surface area contributed by atoms with Crippen molar-refractivity contribution < 1.29 is 4.79 Å². The first-order valence-electron chi connectivity index (χ1n) is 9.29. The quantitative estimate of drug-likeness (QED) is 0.603. The van der Waals surface area contributed by atoms with Crippen LogP contribution in [-0.2, 0) is 4.79 Å². The summed E-state index contributed by atoms with van der Waals surface area (Å²) in [6.07, 6.45) is 5.50. The third-order valence-electron chi connectivity index (χ3n) is 5.19. The molecular weight excluding hydrogens is 288 g/mol. The highest BCUT2D eigenvalue weighted by Crippen LogP contribution is 2.36. The van der Waals surface area contributed by atoms with E-state index in [2.05, 4.69) is 22.5 Å². The molecule has 0 aromatic carbocycles. The fourth-order valence-electron chi connectivity index (χ4n) is 3.75. The normalized spacial score (nSPS) is 25.2. The van der Waals surface area contributed by atoms with Crippen molar-refractivity contribution in [1.29, 1.82) is 0 Å². The first kappa shape index (κ1) is 18.1. The standard InChI is InChI=1S/C18H34N4O/c1-5-19-16(23)18(3,4)13-21-17(20-6-2)22-11-14-9-7-8-10-15(14)12-22/h14-15H,5-13H2,1-4H3,(H,19,23)(H,20,21). The molecule has 132 valence electrons. The van der Waals surface area contributed by atoms with Gasteiger partial charge < -0.3 is 15.5 Å². The summed E-state index contributed by atoms with van der Waals surface area (Å²) in [5.74, 6) is 2.74. The van der Waals surface area contributed by atoms with Gasteiger partial charge in [0.25, 0.3) is 0 Å². The second-order valence-electron chi connectivity index (χ2n) is 7.62. The van der Waals surface area contributed by atoms with E-state index in [1.807, 2.05) is 20.8 Å². The van der Waals surface area contributed by atoms with Gasteiger partial charge in [-0.05, 0) is 52.4 Å². The van der Waals surface area contributed by atoms with Crippen LogP contribution in [0.15, 0.2) is 4.99 Å². The Morgan fingerprint density at radius 3 is 2.17 bits per heavy atom. The number of fused-ring (bicyclic) bond motifs is 1. The molecule has 1 aliphatic carbocycles. The average Bonchev–Trinajstić information content (AvgIpc) is 2.95. The summed E-state index contributed by atoms with van der Waals surface area (Å²) in [7, 11) is 0. The maximum atomic E-state index is 12.1. The Hall–Kier alpha value is -1.26. The SMILES string of the molecule is CCNC(=O)C(C)(C)CN=C(NCC)N1CC2CCCCC2C1. The van der Waals surface area contributed by atoms with Gasteiger partial charge in [0, 0.05) is 26.2 Å². The second kappa shape index (κ2) is 8.02. The minimum Gasteiger partial charge on any atom is -0.357 e. The van der Waals surface area contributed by atoms with Crippen LogP contribution in [0, 0.1) is 17.3 Å². The topological polar surface area (TPSA) is 56.7 Å². The fourth-order valence-corrected chi connectivity index (χ4v) is 3.75. The number of rotatable bonds is 5. The van der Waals surface area contributed by atoms with Gasteiger partial charge in [0.05, 0.1) is 12.0 Å². The number of likely N-dealkylation sites (tertiary alicyclic amines) is 1. The van der Waals surface area contributed by atoms with Crippen molar-refractivity contribution in [2.24, 2.45) is 22.2 Å². The zero-order chi connectivity index (χ0) is 16.9. The molecule has 1 saturated heterocycles. The molecule has 2 atom stereocenters. The van der Waals surface area contributed by atoms with Gasteiger partial charge in [-0.3, -0.25) is 9.79 Å². The molecule has 1 heterocycles. The lowest BCUT2D eigenvalue weighted by molar-refractivity contribution is -0.128. The molecule has 5 nitrogen and oxygen atoms in total. The van der Waals surface area contributed by atoms with Gasteiger partial charge in [-0.2, -0.15) is 0 Å². The van der Waals surface area contributed by atoms with E-state index in [1.54, 1.807) is 0 Å². The van der Waals surface area contributed by atoms with Crippen molar-refractivity contribution in [3.63, 3.8) is 0 Å². The first-order valence-corrected chi connectivity index (χ1v) is 9.29. The van der Waals surface area contributed by atoms with Gasteiger partial charge in [0.15, 0.2) is 5.96 Å². The third kappa shape index (κ3) is 4.61. The highest BCUT2D eigenvalue weighted by Gasteiger charge is 2.36. The van der Waals surface area contributed by atoms with Gasteiger partial charge in [0.2, 0.25) is 5.91 Å². The Morgan fingerprint density at radius 2 is 1.65 bits per heavy atom. The predicted molar refractivity (Wildman–Crippen MR) is 95.5 cm³/mol. The maximum absolute atomic E-state index is 12.1. The van der Waals surface area contributed by atoms with Crippen LogP contribution in [0.1, 0.15) is 53.4 Å². The Morgan fingerprint density at radius 1 is 1.09 bits per heavy atom. The molecule has 2 aliphatic rings. The van der Waals surface area contributed by atoms with Gasteiger partial charge in [-0.1, -0.05) is 12.8 Å². The van der Waals surface area contributed by atoms with Crippen LogP contribution < -0.4 is 10.6 Å². The van der Waals surface area contributed by atoms with Crippen LogP contribution >= 0.6 is 0 Å². The number of aliphatic imine (C=N–C) groups is 1. The van der Waals surface area contributed by atoms with E-state index in [4.69, 9.17) is 4.99 Å². The number of hydrogen-bond donors (Lipinski definition) is 2. The molecule has 2 unspecified atom stereocenters. The van der Waals surface area contributed by atoms with Crippen molar-refractivity contribution in [1.82, 2.24) is 15.5 Å².